The van der Waals surface area contributed by atoms with Gasteiger partial charge in [0.05, 0.1) is 7.11 Å². The van der Waals surface area contributed by atoms with Gasteiger partial charge in [0.1, 0.15) is 5.75 Å². The molecule has 0 radical (unpaired) electrons. The number of thioether (sulfide) groups is 1. The number of benzene rings is 1. The number of hydrogen-bond donors (Lipinski definition) is 0. The lowest BCUT2D eigenvalue weighted by Gasteiger charge is -2.17. The Hall–Kier alpha value is -1.82. The van der Waals surface area contributed by atoms with E-state index in [0.717, 1.165) is 30.0 Å². The normalized spacial score (nSPS) is 15.4. The first-order valence-corrected chi connectivity index (χ1v) is 9.30. The fourth-order valence-corrected chi connectivity index (χ4v) is 3.79. The van der Waals surface area contributed by atoms with Crippen molar-refractivity contribution in [3.63, 3.8) is 0 Å². The predicted octanol–water partition coefficient (Wildman–Crippen LogP) is 4.62. The minimum atomic E-state index is 0.0429. The summed E-state index contributed by atoms with van der Waals surface area (Å²) >= 11 is 1.48. The highest BCUT2D eigenvalue weighted by Crippen LogP contribution is 2.34. The molecule has 1 saturated carbocycles. The number of carbonyl (C=O) groups excluding carboxylic acids is 1. The molecule has 5 nitrogen and oxygen atoms in total. The summed E-state index contributed by atoms with van der Waals surface area (Å²) in [5.74, 6) is 2.61. The van der Waals surface area contributed by atoms with Gasteiger partial charge in [-0.25, -0.2) is 0 Å². The van der Waals surface area contributed by atoms with E-state index in [1.54, 1.807) is 20.1 Å². The minimum absolute atomic E-state index is 0.0429. The van der Waals surface area contributed by atoms with Crippen molar-refractivity contribution in [1.29, 1.82) is 0 Å². The van der Waals surface area contributed by atoms with Crippen molar-refractivity contribution in [3.8, 4) is 5.75 Å². The number of rotatable bonds is 6. The van der Waals surface area contributed by atoms with Gasteiger partial charge in [-0.05, 0) is 38.0 Å². The van der Waals surface area contributed by atoms with Gasteiger partial charge in [0, 0.05) is 22.8 Å². The molecule has 128 valence electrons. The molecule has 3 rings (SSSR count). The van der Waals surface area contributed by atoms with E-state index in [1.165, 1.54) is 31.0 Å². The first-order valence-electron chi connectivity index (χ1n) is 8.31. The molecule has 24 heavy (non-hydrogen) atoms. The van der Waals surface area contributed by atoms with Crippen molar-refractivity contribution in [1.82, 2.24) is 10.2 Å². The van der Waals surface area contributed by atoms with Gasteiger partial charge in [-0.2, -0.15) is 0 Å². The van der Waals surface area contributed by atoms with Crippen molar-refractivity contribution in [2.75, 3.05) is 7.11 Å². The van der Waals surface area contributed by atoms with E-state index in [1.807, 2.05) is 12.1 Å². The summed E-state index contributed by atoms with van der Waals surface area (Å²) in [6, 6.07) is 5.48. The molecule has 0 atom stereocenters. The third-order valence-electron chi connectivity index (χ3n) is 4.41. The SMILES string of the molecule is COc1ccc(C(C)=O)cc1CSc1nnc(C2CCCCC2)o1. The molecule has 0 amide bonds. The van der Waals surface area contributed by atoms with Gasteiger partial charge < -0.3 is 9.15 Å². The number of nitrogens with zero attached hydrogens (tertiary/aromatic N) is 2. The summed E-state index contributed by atoms with van der Waals surface area (Å²) in [6.07, 6.45) is 6.06. The van der Waals surface area contributed by atoms with E-state index in [2.05, 4.69) is 10.2 Å². The molecule has 1 aromatic heterocycles. The molecule has 1 aliphatic carbocycles. The second-order valence-electron chi connectivity index (χ2n) is 6.11. The Morgan fingerprint density at radius 2 is 2.08 bits per heavy atom. The van der Waals surface area contributed by atoms with E-state index in [-0.39, 0.29) is 5.78 Å². The number of ether oxygens (including phenoxy) is 1. The van der Waals surface area contributed by atoms with Crippen LogP contribution in [0.25, 0.3) is 0 Å². The number of aromatic nitrogens is 2. The highest BCUT2D eigenvalue weighted by atomic mass is 32.2. The van der Waals surface area contributed by atoms with Crippen molar-refractivity contribution in [2.24, 2.45) is 0 Å². The van der Waals surface area contributed by atoms with Crippen LogP contribution in [0.1, 0.15) is 66.8 Å². The number of methoxy groups -OCH3 is 1. The first-order chi connectivity index (χ1) is 11.7. The summed E-state index contributed by atoms with van der Waals surface area (Å²) in [5, 5.41) is 8.95. The largest absolute Gasteiger partial charge is 0.496 e. The lowest BCUT2D eigenvalue weighted by atomic mass is 9.89. The molecule has 1 heterocycles. The van der Waals surface area contributed by atoms with Crippen molar-refractivity contribution < 1.29 is 13.9 Å². The van der Waals surface area contributed by atoms with Crippen LogP contribution >= 0.6 is 11.8 Å². The molecule has 0 bridgehead atoms. The number of ketones is 1. The number of hydrogen-bond acceptors (Lipinski definition) is 6. The van der Waals surface area contributed by atoms with Crippen molar-refractivity contribution in [3.05, 3.63) is 35.2 Å². The standard InChI is InChI=1S/C18H22N2O3S/c1-12(21)14-8-9-16(22-2)15(10-14)11-24-18-20-19-17(23-18)13-6-4-3-5-7-13/h8-10,13H,3-7,11H2,1-2H3. The summed E-state index contributed by atoms with van der Waals surface area (Å²) in [4.78, 5) is 11.6. The van der Waals surface area contributed by atoms with E-state index in [9.17, 15) is 4.79 Å². The van der Waals surface area contributed by atoms with Crippen LogP contribution in [0.3, 0.4) is 0 Å². The zero-order valence-electron chi connectivity index (χ0n) is 14.1. The Morgan fingerprint density at radius 1 is 1.29 bits per heavy atom. The van der Waals surface area contributed by atoms with Crippen LogP contribution in [0.15, 0.2) is 27.8 Å². The molecule has 0 aliphatic heterocycles. The molecule has 1 aromatic carbocycles. The summed E-state index contributed by atoms with van der Waals surface area (Å²) < 4.78 is 11.2. The quantitative estimate of drug-likeness (QED) is 0.561. The summed E-state index contributed by atoms with van der Waals surface area (Å²) in [5.41, 5.74) is 1.63. The van der Waals surface area contributed by atoms with Gasteiger partial charge in [0.2, 0.25) is 5.89 Å². The molecule has 0 N–H and O–H groups in total. The molecule has 0 spiro atoms. The van der Waals surface area contributed by atoms with Gasteiger partial charge in [-0.1, -0.05) is 31.0 Å². The van der Waals surface area contributed by atoms with Gasteiger partial charge in [-0.3, -0.25) is 4.79 Å². The predicted molar refractivity (Wildman–Crippen MR) is 92.7 cm³/mol. The van der Waals surface area contributed by atoms with Crippen molar-refractivity contribution in [2.45, 2.75) is 55.9 Å². The van der Waals surface area contributed by atoms with Gasteiger partial charge in [0.25, 0.3) is 5.22 Å². The molecular weight excluding hydrogens is 324 g/mol. The average molecular weight is 346 g/mol. The van der Waals surface area contributed by atoms with E-state index >= 15 is 0 Å². The fourth-order valence-electron chi connectivity index (χ4n) is 3.04. The highest BCUT2D eigenvalue weighted by molar-refractivity contribution is 7.98. The van der Waals surface area contributed by atoms with Crippen LogP contribution in [0, 0.1) is 0 Å². The molecule has 6 heteroatoms. The maximum Gasteiger partial charge on any atom is 0.276 e. The van der Waals surface area contributed by atoms with E-state index in [4.69, 9.17) is 9.15 Å². The van der Waals surface area contributed by atoms with E-state index < -0.39 is 0 Å². The van der Waals surface area contributed by atoms with Gasteiger partial charge in [-0.15, -0.1) is 10.2 Å². The Morgan fingerprint density at radius 3 is 2.79 bits per heavy atom. The van der Waals surface area contributed by atoms with Crippen LogP contribution in [0.5, 0.6) is 5.75 Å². The first kappa shape index (κ1) is 17.0. The Bertz CT molecular complexity index is 708. The maximum atomic E-state index is 11.6. The Balaban J connectivity index is 1.68. The molecule has 0 unspecified atom stereocenters. The molecule has 2 aromatic rings. The van der Waals surface area contributed by atoms with Crippen LogP contribution in [-0.4, -0.2) is 23.1 Å². The zero-order valence-corrected chi connectivity index (χ0v) is 14.9. The van der Waals surface area contributed by atoms with Crippen LogP contribution < -0.4 is 4.74 Å². The average Bonchev–Trinajstić information content (AvgIpc) is 3.09. The maximum absolute atomic E-state index is 11.6. The highest BCUT2D eigenvalue weighted by Gasteiger charge is 2.21. The summed E-state index contributed by atoms with van der Waals surface area (Å²) in [7, 11) is 1.63. The molecule has 0 saturated heterocycles. The number of carbonyl (C=O) groups is 1. The zero-order chi connectivity index (χ0) is 16.9. The topological polar surface area (TPSA) is 65.2 Å². The number of Topliss-reactive ketones (excluding diaryl/α,β-unsaturated/α-hetero) is 1. The molecular formula is C18H22N2O3S. The lowest BCUT2D eigenvalue weighted by Crippen LogP contribution is -2.04. The fraction of sp³-hybridized carbons (Fsp3) is 0.500. The Kier molecular flexibility index (Phi) is 5.56. The van der Waals surface area contributed by atoms with E-state index in [0.29, 0.717) is 22.5 Å². The molecule has 1 fully saturated rings. The van der Waals surface area contributed by atoms with Gasteiger partial charge >= 0.3 is 0 Å². The summed E-state index contributed by atoms with van der Waals surface area (Å²) in [6.45, 7) is 1.56. The minimum Gasteiger partial charge on any atom is -0.496 e. The van der Waals surface area contributed by atoms with Crippen LogP contribution in [0.2, 0.25) is 0 Å². The van der Waals surface area contributed by atoms with Crippen molar-refractivity contribution >= 4 is 17.5 Å². The third kappa shape index (κ3) is 3.98. The third-order valence-corrected chi connectivity index (χ3v) is 5.28. The van der Waals surface area contributed by atoms with Gasteiger partial charge in [0.15, 0.2) is 5.78 Å². The monoisotopic (exact) mass is 346 g/mol. The lowest BCUT2D eigenvalue weighted by molar-refractivity contribution is 0.101. The second kappa shape index (κ2) is 7.83. The van der Waals surface area contributed by atoms with Crippen LogP contribution in [-0.2, 0) is 5.75 Å². The smallest absolute Gasteiger partial charge is 0.276 e. The van der Waals surface area contributed by atoms with Crippen LogP contribution in [0.4, 0.5) is 0 Å². The molecule has 1 aliphatic rings. The second-order valence-corrected chi connectivity index (χ2v) is 7.04. The Labute approximate surface area is 146 Å².